The molecule has 0 saturated carbocycles. The lowest BCUT2D eigenvalue weighted by Crippen LogP contribution is -2.21. The summed E-state index contributed by atoms with van der Waals surface area (Å²) < 4.78 is 0. The minimum absolute atomic E-state index is 0.509. The summed E-state index contributed by atoms with van der Waals surface area (Å²) in [5.74, 6) is 0.615. The SMILES string of the molecule is N#Cc1ccc(C2CC3CCC2N3)cn1. The fourth-order valence-corrected chi connectivity index (χ4v) is 2.88. The summed E-state index contributed by atoms with van der Waals surface area (Å²) in [6, 6.07) is 7.29. The van der Waals surface area contributed by atoms with Gasteiger partial charge in [0.05, 0.1) is 0 Å². The molecule has 1 aromatic rings. The highest BCUT2D eigenvalue weighted by atomic mass is 15.0. The maximum atomic E-state index is 8.67. The first-order chi connectivity index (χ1) is 7.36. The first-order valence-electron chi connectivity index (χ1n) is 5.49. The zero-order valence-electron chi connectivity index (χ0n) is 8.48. The Morgan fingerprint density at radius 2 is 2.33 bits per heavy atom. The smallest absolute Gasteiger partial charge is 0.140 e. The molecule has 2 aliphatic heterocycles. The molecule has 0 aliphatic carbocycles. The van der Waals surface area contributed by atoms with E-state index in [1.165, 1.54) is 24.8 Å². The molecule has 0 aromatic carbocycles. The summed E-state index contributed by atoms with van der Waals surface area (Å²) in [5, 5.41) is 12.3. The van der Waals surface area contributed by atoms with E-state index in [1.807, 2.05) is 12.3 Å². The lowest BCUT2D eigenvalue weighted by atomic mass is 9.84. The van der Waals surface area contributed by atoms with Crippen LogP contribution in [0.2, 0.25) is 0 Å². The third-order valence-electron chi connectivity index (χ3n) is 3.63. The maximum absolute atomic E-state index is 8.67. The van der Waals surface area contributed by atoms with E-state index in [1.54, 1.807) is 0 Å². The lowest BCUT2D eigenvalue weighted by molar-refractivity contribution is 0.505. The predicted molar refractivity (Wildman–Crippen MR) is 56.3 cm³/mol. The quantitative estimate of drug-likeness (QED) is 0.746. The zero-order valence-corrected chi connectivity index (χ0v) is 8.48. The molecule has 0 amide bonds. The van der Waals surface area contributed by atoms with Crippen molar-refractivity contribution in [3.8, 4) is 6.07 Å². The van der Waals surface area contributed by atoms with Gasteiger partial charge in [0.25, 0.3) is 0 Å². The molecule has 2 fully saturated rings. The Kier molecular flexibility index (Phi) is 1.96. The Morgan fingerprint density at radius 3 is 2.87 bits per heavy atom. The second kappa shape index (κ2) is 3.32. The van der Waals surface area contributed by atoms with Crippen LogP contribution in [0.25, 0.3) is 0 Å². The van der Waals surface area contributed by atoms with Gasteiger partial charge in [-0.25, -0.2) is 4.98 Å². The Labute approximate surface area is 89.1 Å². The number of aromatic nitrogens is 1. The number of pyridine rings is 1. The number of nitriles is 1. The van der Waals surface area contributed by atoms with E-state index in [0.717, 1.165) is 6.04 Å². The van der Waals surface area contributed by atoms with Crippen molar-refractivity contribution in [1.82, 2.24) is 10.3 Å². The summed E-state index contributed by atoms with van der Waals surface area (Å²) in [4.78, 5) is 4.14. The van der Waals surface area contributed by atoms with Gasteiger partial charge in [0, 0.05) is 24.2 Å². The number of hydrogen-bond acceptors (Lipinski definition) is 3. The average molecular weight is 199 g/mol. The molecule has 76 valence electrons. The van der Waals surface area contributed by atoms with E-state index in [9.17, 15) is 0 Å². The first kappa shape index (κ1) is 8.87. The maximum Gasteiger partial charge on any atom is 0.140 e. The second-order valence-electron chi connectivity index (χ2n) is 4.48. The van der Waals surface area contributed by atoms with Crippen LogP contribution in [-0.2, 0) is 0 Å². The Hall–Kier alpha value is -1.40. The van der Waals surface area contributed by atoms with Crippen LogP contribution in [0.4, 0.5) is 0 Å². The zero-order chi connectivity index (χ0) is 10.3. The summed E-state index contributed by atoms with van der Waals surface area (Å²) in [5.41, 5.74) is 1.79. The molecular formula is C12H13N3. The fourth-order valence-electron chi connectivity index (χ4n) is 2.88. The van der Waals surface area contributed by atoms with Gasteiger partial charge in [-0.1, -0.05) is 6.07 Å². The third-order valence-corrected chi connectivity index (χ3v) is 3.63. The number of rotatable bonds is 1. The van der Waals surface area contributed by atoms with E-state index < -0.39 is 0 Å². The molecule has 2 bridgehead atoms. The van der Waals surface area contributed by atoms with Crippen molar-refractivity contribution in [2.45, 2.75) is 37.3 Å². The van der Waals surface area contributed by atoms with Crippen molar-refractivity contribution >= 4 is 0 Å². The molecule has 3 unspecified atom stereocenters. The van der Waals surface area contributed by atoms with Crippen LogP contribution in [0, 0.1) is 11.3 Å². The molecule has 0 radical (unpaired) electrons. The normalized spacial score (nSPS) is 32.9. The molecule has 1 N–H and O–H groups in total. The van der Waals surface area contributed by atoms with Gasteiger partial charge in [-0.15, -0.1) is 0 Å². The number of nitrogens with one attached hydrogen (secondary N) is 1. The van der Waals surface area contributed by atoms with Crippen LogP contribution in [0.1, 0.15) is 36.4 Å². The number of nitrogens with zero attached hydrogens (tertiary/aromatic N) is 2. The molecular weight excluding hydrogens is 186 g/mol. The van der Waals surface area contributed by atoms with E-state index in [-0.39, 0.29) is 0 Å². The van der Waals surface area contributed by atoms with Gasteiger partial charge in [-0.05, 0) is 30.9 Å². The van der Waals surface area contributed by atoms with Gasteiger partial charge in [0.1, 0.15) is 11.8 Å². The predicted octanol–water partition coefficient (Wildman–Crippen LogP) is 1.56. The van der Waals surface area contributed by atoms with Crippen molar-refractivity contribution in [2.75, 3.05) is 0 Å². The highest BCUT2D eigenvalue weighted by Crippen LogP contribution is 2.39. The minimum atomic E-state index is 0.509. The molecule has 15 heavy (non-hydrogen) atoms. The highest BCUT2D eigenvalue weighted by Gasteiger charge is 2.39. The van der Waals surface area contributed by atoms with Crippen LogP contribution in [0.5, 0.6) is 0 Å². The highest BCUT2D eigenvalue weighted by molar-refractivity contribution is 5.28. The molecule has 3 nitrogen and oxygen atoms in total. The van der Waals surface area contributed by atoms with Gasteiger partial charge in [0.15, 0.2) is 0 Å². The second-order valence-corrected chi connectivity index (χ2v) is 4.48. The third kappa shape index (κ3) is 1.42. The van der Waals surface area contributed by atoms with Gasteiger partial charge >= 0.3 is 0 Å². The number of hydrogen-bond donors (Lipinski definition) is 1. The Balaban J connectivity index is 1.85. The van der Waals surface area contributed by atoms with Crippen molar-refractivity contribution < 1.29 is 0 Å². The molecule has 2 saturated heterocycles. The summed E-state index contributed by atoms with van der Waals surface area (Å²) in [6.07, 6.45) is 5.71. The Morgan fingerprint density at radius 1 is 1.40 bits per heavy atom. The van der Waals surface area contributed by atoms with Crippen LogP contribution in [0.15, 0.2) is 18.3 Å². The summed E-state index contributed by atoms with van der Waals surface area (Å²) in [6.45, 7) is 0. The summed E-state index contributed by atoms with van der Waals surface area (Å²) >= 11 is 0. The molecule has 0 spiro atoms. The van der Waals surface area contributed by atoms with Crippen molar-refractivity contribution in [1.29, 1.82) is 5.26 Å². The van der Waals surface area contributed by atoms with Crippen LogP contribution < -0.4 is 5.32 Å². The minimum Gasteiger partial charge on any atom is -0.311 e. The standard InChI is InChI=1S/C12H13N3/c13-6-10-2-1-8(7-14-10)11-5-9-3-4-12(11)15-9/h1-2,7,9,11-12,15H,3-5H2. The van der Waals surface area contributed by atoms with Crippen molar-refractivity contribution in [2.24, 2.45) is 0 Å². The average Bonchev–Trinajstić information content (AvgIpc) is 2.91. The summed E-state index contributed by atoms with van der Waals surface area (Å²) in [7, 11) is 0. The van der Waals surface area contributed by atoms with Crippen LogP contribution in [-0.4, -0.2) is 17.1 Å². The fraction of sp³-hybridized carbons (Fsp3) is 0.500. The van der Waals surface area contributed by atoms with Crippen molar-refractivity contribution in [3.05, 3.63) is 29.6 Å². The van der Waals surface area contributed by atoms with E-state index in [0.29, 0.717) is 17.7 Å². The monoisotopic (exact) mass is 199 g/mol. The van der Waals surface area contributed by atoms with Gasteiger partial charge in [-0.2, -0.15) is 5.26 Å². The van der Waals surface area contributed by atoms with Crippen LogP contribution in [0.3, 0.4) is 0 Å². The van der Waals surface area contributed by atoms with E-state index >= 15 is 0 Å². The lowest BCUT2D eigenvalue weighted by Gasteiger charge is -2.19. The van der Waals surface area contributed by atoms with Crippen molar-refractivity contribution in [3.63, 3.8) is 0 Å². The molecule has 3 heteroatoms. The molecule has 1 aromatic heterocycles. The van der Waals surface area contributed by atoms with Crippen LogP contribution >= 0.6 is 0 Å². The first-order valence-corrected chi connectivity index (χ1v) is 5.49. The van der Waals surface area contributed by atoms with E-state index in [4.69, 9.17) is 5.26 Å². The van der Waals surface area contributed by atoms with Gasteiger partial charge in [-0.3, -0.25) is 0 Å². The molecule has 3 rings (SSSR count). The number of fused-ring (bicyclic) bond motifs is 2. The van der Waals surface area contributed by atoms with E-state index in [2.05, 4.69) is 22.4 Å². The molecule has 3 heterocycles. The van der Waals surface area contributed by atoms with Gasteiger partial charge in [0.2, 0.25) is 0 Å². The Bertz CT molecular complexity index is 404. The van der Waals surface area contributed by atoms with Gasteiger partial charge < -0.3 is 5.32 Å². The largest absolute Gasteiger partial charge is 0.311 e. The molecule has 2 aliphatic rings. The molecule has 3 atom stereocenters. The topological polar surface area (TPSA) is 48.7 Å².